The second-order valence-corrected chi connectivity index (χ2v) is 8.07. The van der Waals surface area contributed by atoms with Gasteiger partial charge >= 0.3 is 0 Å². The van der Waals surface area contributed by atoms with E-state index in [1.54, 1.807) is 42.5 Å². The molecule has 0 unspecified atom stereocenters. The van der Waals surface area contributed by atoms with Crippen LogP contribution in [-0.2, 0) is 9.59 Å². The van der Waals surface area contributed by atoms with Gasteiger partial charge in [0.15, 0.2) is 11.5 Å². The number of carbonyl (C=O) groups excluding carboxylic acids is 2. The van der Waals surface area contributed by atoms with Gasteiger partial charge in [-0.1, -0.05) is 47.5 Å². The minimum absolute atomic E-state index is 0.146. The van der Waals surface area contributed by atoms with E-state index in [4.69, 9.17) is 21.1 Å². The molecule has 7 heteroatoms. The number of ether oxygens (including phenoxy) is 2. The Morgan fingerprint density at radius 3 is 2.47 bits per heavy atom. The van der Waals surface area contributed by atoms with Crippen molar-refractivity contribution in [2.75, 3.05) is 17.0 Å². The van der Waals surface area contributed by atoms with Crippen molar-refractivity contribution in [2.45, 2.75) is 13.8 Å². The number of nitrogens with one attached hydrogen (secondary N) is 1. The molecule has 3 aromatic carbocycles. The summed E-state index contributed by atoms with van der Waals surface area (Å²) in [4.78, 5) is 28.3. The van der Waals surface area contributed by atoms with Crippen molar-refractivity contribution in [1.29, 1.82) is 0 Å². The van der Waals surface area contributed by atoms with E-state index in [9.17, 15) is 9.59 Å². The first kappa shape index (κ1) is 20.2. The van der Waals surface area contributed by atoms with Crippen molar-refractivity contribution in [3.8, 4) is 11.5 Å². The predicted molar refractivity (Wildman–Crippen MR) is 123 cm³/mol. The quantitative estimate of drug-likeness (QED) is 0.566. The smallest absolute Gasteiger partial charge is 0.282 e. The summed E-state index contributed by atoms with van der Waals surface area (Å²) in [5.41, 5.74) is 4.07. The van der Waals surface area contributed by atoms with Crippen LogP contribution in [-0.4, -0.2) is 18.6 Å². The number of anilines is 2. The van der Waals surface area contributed by atoms with Crippen molar-refractivity contribution < 1.29 is 19.1 Å². The second kappa shape index (κ2) is 7.73. The summed E-state index contributed by atoms with van der Waals surface area (Å²) < 4.78 is 10.8. The van der Waals surface area contributed by atoms with Crippen LogP contribution in [0.3, 0.4) is 0 Å². The molecule has 2 aliphatic rings. The van der Waals surface area contributed by atoms with Gasteiger partial charge in [-0.25, -0.2) is 4.90 Å². The fourth-order valence-corrected chi connectivity index (χ4v) is 4.18. The van der Waals surface area contributed by atoms with Crippen molar-refractivity contribution in [3.63, 3.8) is 0 Å². The molecule has 2 heterocycles. The largest absolute Gasteiger partial charge is 0.454 e. The van der Waals surface area contributed by atoms with E-state index in [2.05, 4.69) is 5.32 Å². The standard InChI is InChI=1S/C25H19ClN2O4/c1-14-7-9-17(15(2)11-14)22-23(27-16-8-10-20-21(12-16)32-13-31-20)25(30)28(24(22)29)19-6-4-3-5-18(19)26/h3-12,27H,13H2,1-2H3. The van der Waals surface area contributed by atoms with Crippen LogP contribution in [0.1, 0.15) is 16.7 Å². The van der Waals surface area contributed by atoms with Crippen LogP contribution in [0.4, 0.5) is 11.4 Å². The highest BCUT2D eigenvalue weighted by molar-refractivity contribution is 6.48. The number of para-hydroxylation sites is 1. The lowest BCUT2D eigenvalue weighted by Crippen LogP contribution is -2.32. The van der Waals surface area contributed by atoms with Crippen molar-refractivity contribution in [1.82, 2.24) is 0 Å². The zero-order valence-corrected chi connectivity index (χ0v) is 18.2. The van der Waals surface area contributed by atoms with Gasteiger partial charge in [-0.3, -0.25) is 9.59 Å². The maximum atomic E-state index is 13.6. The molecule has 0 bridgehead atoms. The molecular formula is C25H19ClN2O4. The van der Waals surface area contributed by atoms with E-state index in [-0.39, 0.29) is 12.5 Å². The molecule has 0 saturated heterocycles. The van der Waals surface area contributed by atoms with Crippen molar-refractivity contribution >= 4 is 40.4 Å². The topological polar surface area (TPSA) is 67.9 Å². The minimum Gasteiger partial charge on any atom is -0.454 e. The molecule has 0 aliphatic carbocycles. The Labute approximate surface area is 190 Å². The normalized spacial score (nSPS) is 15.0. The van der Waals surface area contributed by atoms with E-state index in [1.807, 2.05) is 32.0 Å². The summed E-state index contributed by atoms with van der Waals surface area (Å²) in [6, 6.07) is 17.8. The minimum atomic E-state index is -0.476. The molecular weight excluding hydrogens is 428 g/mol. The number of carbonyl (C=O) groups is 2. The van der Waals surface area contributed by atoms with Gasteiger partial charge < -0.3 is 14.8 Å². The van der Waals surface area contributed by atoms with E-state index in [0.717, 1.165) is 16.0 Å². The second-order valence-electron chi connectivity index (χ2n) is 7.66. The lowest BCUT2D eigenvalue weighted by Gasteiger charge is -2.17. The van der Waals surface area contributed by atoms with Gasteiger partial charge in [0.2, 0.25) is 6.79 Å². The Morgan fingerprint density at radius 2 is 1.69 bits per heavy atom. The lowest BCUT2D eigenvalue weighted by atomic mass is 9.97. The third-order valence-electron chi connectivity index (χ3n) is 5.47. The van der Waals surface area contributed by atoms with Crippen molar-refractivity contribution in [2.24, 2.45) is 0 Å². The Kier molecular flexibility index (Phi) is 4.87. The summed E-state index contributed by atoms with van der Waals surface area (Å²) >= 11 is 6.34. The van der Waals surface area contributed by atoms with Crippen LogP contribution >= 0.6 is 11.6 Å². The average molecular weight is 447 g/mol. The summed E-state index contributed by atoms with van der Waals surface area (Å²) in [5.74, 6) is 0.295. The molecule has 160 valence electrons. The number of hydrogen-bond acceptors (Lipinski definition) is 5. The number of halogens is 1. The number of imide groups is 1. The Balaban J connectivity index is 1.64. The summed E-state index contributed by atoms with van der Waals surface area (Å²) in [5, 5.41) is 3.47. The molecule has 0 radical (unpaired) electrons. The number of amides is 2. The Hall–Kier alpha value is -3.77. The molecule has 0 spiro atoms. The first-order valence-corrected chi connectivity index (χ1v) is 10.4. The highest BCUT2D eigenvalue weighted by Gasteiger charge is 2.41. The molecule has 6 nitrogen and oxygen atoms in total. The van der Waals surface area contributed by atoms with E-state index >= 15 is 0 Å². The van der Waals surface area contributed by atoms with E-state index < -0.39 is 11.8 Å². The van der Waals surface area contributed by atoms with Crippen LogP contribution in [0.2, 0.25) is 5.02 Å². The maximum Gasteiger partial charge on any atom is 0.282 e. The summed E-state index contributed by atoms with van der Waals surface area (Å²) in [6.07, 6.45) is 0. The maximum absolute atomic E-state index is 13.6. The number of hydrogen-bond donors (Lipinski definition) is 1. The zero-order chi connectivity index (χ0) is 22.4. The van der Waals surface area contributed by atoms with Crippen LogP contribution in [0.5, 0.6) is 11.5 Å². The van der Waals surface area contributed by atoms with Crippen LogP contribution in [0, 0.1) is 13.8 Å². The first-order valence-electron chi connectivity index (χ1n) is 10.1. The van der Waals surface area contributed by atoms with Gasteiger partial charge in [0.25, 0.3) is 11.8 Å². The molecule has 5 rings (SSSR count). The number of aryl methyl sites for hydroxylation is 2. The lowest BCUT2D eigenvalue weighted by molar-refractivity contribution is -0.120. The third-order valence-corrected chi connectivity index (χ3v) is 5.79. The number of fused-ring (bicyclic) bond motifs is 1. The SMILES string of the molecule is Cc1ccc(C2=C(Nc3ccc4c(c3)OCO4)C(=O)N(c3ccccc3Cl)C2=O)c(C)c1. The number of benzene rings is 3. The van der Waals surface area contributed by atoms with Crippen LogP contribution < -0.4 is 19.7 Å². The molecule has 2 amide bonds. The fraction of sp³-hybridized carbons (Fsp3) is 0.120. The zero-order valence-electron chi connectivity index (χ0n) is 17.4. The molecule has 0 aromatic heterocycles. The van der Waals surface area contributed by atoms with Gasteiger partial charge in [-0.2, -0.15) is 0 Å². The highest BCUT2D eigenvalue weighted by Crippen LogP contribution is 2.39. The van der Waals surface area contributed by atoms with Gasteiger partial charge in [-0.15, -0.1) is 0 Å². The van der Waals surface area contributed by atoms with Gasteiger partial charge in [0, 0.05) is 11.8 Å². The Bertz CT molecular complexity index is 1320. The molecule has 1 N–H and O–H groups in total. The van der Waals surface area contributed by atoms with Gasteiger partial charge in [-0.05, 0) is 49.2 Å². The molecule has 0 atom stereocenters. The van der Waals surface area contributed by atoms with Crippen LogP contribution in [0.25, 0.3) is 5.57 Å². The van der Waals surface area contributed by atoms with Crippen molar-refractivity contribution in [3.05, 3.63) is 88.1 Å². The molecule has 0 saturated carbocycles. The van der Waals surface area contributed by atoms with E-state index in [0.29, 0.717) is 39.0 Å². The molecule has 3 aromatic rings. The monoisotopic (exact) mass is 446 g/mol. The highest BCUT2D eigenvalue weighted by atomic mass is 35.5. The van der Waals surface area contributed by atoms with E-state index in [1.165, 1.54) is 0 Å². The van der Waals surface area contributed by atoms with Gasteiger partial charge in [0.1, 0.15) is 5.70 Å². The predicted octanol–water partition coefficient (Wildman–Crippen LogP) is 5.08. The fourth-order valence-electron chi connectivity index (χ4n) is 3.96. The van der Waals surface area contributed by atoms with Crippen LogP contribution in [0.15, 0.2) is 66.4 Å². The average Bonchev–Trinajstić information content (AvgIpc) is 3.32. The number of nitrogens with zero attached hydrogens (tertiary/aromatic N) is 1. The first-order chi connectivity index (χ1) is 15.4. The van der Waals surface area contributed by atoms with Gasteiger partial charge in [0.05, 0.1) is 16.3 Å². The summed E-state index contributed by atoms with van der Waals surface area (Å²) in [7, 11) is 0. The third kappa shape index (κ3) is 3.29. The molecule has 0 fully saturated rings. The Morgan fingerprint density at radius 1 is 0.906 bits per heavy atom. The molecule has 32 heavy (non-hydrogen) atoms. The number of rotatable bonds is 4. The molecule has 2 aliphatic heterocycles. The summed E-state index contributed by atoms with van der Waals surface area (Å²) in [6.45, 7) is 4.05.